The topological polar surface area (TPSA) is 28.2 Å². The maximum atomic E-state index is 4.68. The van der Waals surface area contributed by atoms with Crippen LogP contribution in [0.15, 0.2) is 24.3 Å². The Morgan fingerprint density at radius 1 is 1.40 bits per heavy atom. The Morgan fingerprint density at radius 2 is 2.30 bits per heavy atom. The first-order valence-corrected chi connectivity index (χ1v) is 8.40. The van der Waals surface area contributed by atoms with Gasteiger partial charge in [-0.25, -0.2) is 4.98 Å². The van der Waals surface area contributed by atoms with Crippen LogP contribution in [-0.2, 0) is 6.42 Å². The number of aromatic nitrogens is 1. The van der Waals surface area contributed by atoms with Gasteiger partial charge in [0, 0.05) is 19.0 Å². The van der Waals surface area contributed by atoms with Gasteiger partial charge < -0.3 is 10.2 Å². The van der Waals surface area contributed by atoms with E-state index in [2.05, 4.69) is 46.5 Å². The summed E-state index contributed by atoms with van der Waals surface area (Å²) in [5, 5.41) is 4.87. The average Bonchev–Trinajstić information content (AvgIpc) is 3.04. The van der Waals surface area contributed by atoms with Crippen LogP contribution in [0.1, 0.15) is 24.3 Å². The summed E-state index contributed by atoms with van der Waals surface area (Å²) in [5.41, 5.74) is 1.15. The minimum Gasteiger partial charge on any atom is -0.315 e. The number of likely N-dealkylation sites (tertiary alicyclic amines) is 1. The zero-order chi connectivity index (χ0) is 13.8. The Bertz CT molecular complexity index is 518. The standard InChI is InChI=1S/C16H23N3S/c1-19-11-5-6-13(19)12-17-10-4-9-16-18-14-7-2-3-8-15(14)20-16/h2-3,7-8,13,17H,4-6,9-12H2,1H3. The summed E-state index contributed by atoms with van der Waals surface area (Å²) in [5.74, 6) is 0. The maximum absolute atomic E-state index is 4.68. The van der Waals surface area contributed by atoms with Gasteiger partial charge in [0.1, 0.15) is 0 Å². The number of benzene rings is 1. The normalized spacial score (nSPS) is 19.9. The summed E-state index contributed by atoms with van der Waals surface area (Å²) in [6.45, 7) is 3.49. The van der Waals surface area contributed by atoms with Gasteiger partial charge in [0.2, 0.25) is 0 Å². The van der Waals surface area contributed by atoms with Gasteiger partial charge in [0.05, 0.1) is 15.2 Å². The van der Waals surface area contributed by atoms with Crippen LogP contribution in [0.2, 0.25) is 0 Å². The molecule has 1 aliphatic rings. The fourth-order valence-electron chi connectivity index (χ4n) is 2.90. The fourth-order valence-corrected chi connectivity index (χ4v) is 3.91. The van der Waals surface area contributed by atoms with Crippen LogP contribution < -0.4 is 5.32 Å². The summed E-state index contributed by atoms with van der Waals surface area (Å²) in [6, 6.07) is 9.15. The highest BCUT2D eigenvalue weighted by molar-refractivity contribution is 7.18. The van der Waals surface area contributed by atoms with Crippen LogP contribution in [0, 0.1) is 0 Å². The molecular weight excluding hydrogens is 266 g/mol. The molecule has 3 nitrogen and oxygen atoms in total. The fraction of sp³-hybridized carbons (Fsp3) is 0.562. The van der Waals surface area contributed by atoms with Gasteiger partial charge in [0.25, 0.3) is 0 Å². The van der Waals surface area contributed by atoms with E-state index in [0.29, 0.717) is 0 Å². The first-order valence-electron chi connectivity index (χ1n) is 7.58. The largest absolute Gasteiger partial charge is 0.315 e. The van der Waals surface area contributed by atoms with Crippen LogP contribution in [0.5, 0.6) is 0 Å². The molecule has 2 aromatic rings. The lowest BCUT2D eigenvalue weighted by molar-refractivity contribution is 0.300. The first-order chi connectivity index (χ1) is 9.83. The number of thiazole rings is 1. The SMILES string of the molecule is CN1CCCC1CNCCCc1nc2ccccc2s1. The van der Waals surface area contributed by atoms with Crippen LogP contribution in [0.25, 0.3) is 10.2 Å². The Balaban J connectivity index is 1.39. The lowest BCUT2D eigenvalue weighted by atomic mass is 10.2. The molecule has 0 spiro atoms. The van der Waals surface area contributed by atoms with Crippen molar-refractivity contribution in [1.29, 1.82) is 0 Å². The number of rotatable bonds is 6. The third kappa shape index (κ3) is 3.37. The Hall–Kier alpha value is -0.970. The number of fused-ring (bicyclic) bond motifs is 1. The Kier molecular flexibility index (Phi) is 4.65. The van der Waals surface area contributed by atoms with E-state index < -0.39 is 0 Å². The van der Waals surface area contributed by atoms with Gasteiger partial charge in [-0.15, -0.1) is 11.3 Å². The summed E-state index contributed by atoms with van der Waals surface area (Å²) >= 11 is 1.83. The second kappa shape index (κ2) is 6.66. The van der Waals surface area contributed by atoms with E-state index in [1.54, 1.807) is 0 Å². The van der Waals surface area contributed by atoms with Crippen molar-refractivity contribution >= 4 is 21.6 Å². The highest BCUT2D eigenvalue weighted by Crippen LogP contribution is 2.22. The molecule has 1 fully saturated rings. The molecule has 1 aliphatic heterocycles. The summed E-state index contributed by atoms with van der Waals surface area (Å²) < 4.78 is 1.31. The number of aryl methyl sites for hydroxylation is 1. The predicted molar refractivity (Wildman–Crippen MR) is 86.5 cm³/mol. The molecule has 0 saturated carbocycles. The minimum atomic E-state index is 0.748. The van der Waals surface area contributed by atoms with Crippen LogP contribution in [0.4, 0.5) is 0 Å². The Labute approximate surface area is 125 Å². The molecule has 1 atom stereocenters. The molecule has 4 heteroatoms. The second-order valence-corrected chi connectivity index (χ2v) is 6.77. The molecule has 1 aromatic carbocycles. The number of hydrogen-bond donors (Lipinski definition) is 1. The van der Waals surface area contributed by atoms with Gasteiger partial charge in [-0.1, -0.05) is 12.1 Å². The molecule has 0 aliphatic carbocycles. The highest BCUT2D eigenvalue weighted by Gasteiger charge is 2.19. The quantitative estimate of drug-likeness (QED) is 0.829. The zero-order valence-corrected chi connectivity index (χ0v) is 13.0. The lowest BCUT2D eigenvalue weighted by Crippen LogP contribution is -2.35. The van der Waals surface area contributed by atoms with Crippen molar-refractivity contribution in [3.05, 3.63) is 29.3 Å². The second-order valence-electron chi connectivity index (χ2n) is 5.66. The molecule has 1 aromatic heterocycles. The third-order valence-corrected chi connectivity index (χ3v) is 5.23. The van der Waals surface area contributed by atoms with Gasteiger partial charge in [-0.3, -0.25) is 0 Å². The van der Waals surface area contributed by atoms with E-state index in [-0.39, 0.29) is 0 Å². The summed E-state index contributed by atoms with van der Waals surface area (Å²) in [6.07, 6.45) is 4.97. The van der Waals surface area contributed by atoms with E-state index in [0.717, 1.165) is 31.1 Å². The van der Waals surface area contributed by atoms with Crippen molar-refractivity contribution < 1.29 is 0 Å². The summed E-state index contributed by atoms with van der Waals surface area (Å²) in [4.78, 5) is 7.16. The smallest absolute Gasteiger partial charge is 0.0939 e. The van der Waals surface area contributed by atoms with Crippen molar-refractivity contribution in [1.82, 2.24) is 15.2 Å². The number of nitrogens with zero attached hydrogens (tertiary/aromatic N) is 2. The molecule has 3 rings (SSSR count). The van der Waals surface area contributed by atoms with Gasteiger partial charge in [-0.2, -0.15) is 0 Å². The summed E-state index contributed by atoms with van der Waals surface area (Å²) in [7, 11) is 2.24. The van der Waals surface area contributed by atoms with Crippen molar-refractivity contribution in [2.45, 2.75) is 31.7 Å². The molecule has 20 heavy (non-hydrogen) atoms. The van der Waals surface area contributed by atoms with Crippen LogP contribution in [-0.4, -0.2) is 42.6 Å². The van der Waals surface area contributed by atoms with E-state index in [1.807, 2.05) is 11.3 Å². The van der Waals surface area contributed by atoms with Crippen molar-refractivity contribution in [2.75, 3.05) is 26.7 Å². The number of likely N-dealkylation sites (N-methyl/N-ethyl adjacent to an activating group) is 1. The van der Waals surface area contributed by atoms with E-state index in [9.17, 15) is 0 Å². The first kappa shape index (κ1) is 14.0. The van der Waals surface area contributed by atoms with Crippen LogP contribution >= 0.6 is 11.3 Å². The molecule has 0 radical (unpaired) electrons. The number of hydrogen-bond acceptors (Lipinski definition) is 4. The van der Waals surface area contributed by atoms with Crippen molar-refractivity contribution in [3.8, 4) is 0 Å². The lowest BCUT2D eigenvalue weighted by Gasteiger charge is -2.19. The zero-order valence-electron chi connectivity index (χ0n) is 12.1. The van der Waals surface area contributed by atoms with Crippen molar-refractivity contribution in [3.63, 3.8) is 0 Å². The van der Waals surface area contributed by atoms with Crippen molar-refractivity contribution in [2.24, 2.45) is 0 Å². The molecule has 0 amide bonds. The number of nitrogens with one attached hydrogen (secondary N) is 1. The van der Waals surface area contributed by atoms with E-state index in [1.165, 1.54) is 35.5 Å². The molecule has 108 valence electrons. The van der Waals surface area contributed by atoms with Crippen LogP contribution in [0.3, 0.4) is 0 Å². The third-order valence-electron chi connectivity index (χ3n) is 4.13. The monoisotopic (exact) mass is 289 g/mol. The highest BCUT2D eigenvalue weighted by atomic mass is 32.1. The molecule has 0 bridgehead atoms. The van der Waals surface area contributed by atoms with Gasteiger partial charge in [-0.05, 0) is 51.5 Å². The molecule has 1 saturated heterocycles. The maximum Gasteiger partial charge on any atom is 0.0939 e. The predicted octanol–water partition coefficient (Wildman–Crippen LogP) is 2.91. The molecule has 2 heterocycles. The van der Waals surface area contributed by atoms with E-state index >= 15 is 0 Å². The van der Waals surface area contributed by atoms with E-state index in [4.69, 9.17) is 0 Å². The number of para-hydroxylation sites is 1. The Morgan fingerprint density at radius 3 is 3.10 bits per heavy atom. The minimum absolute atomic E-state index is 0.748. The average molecular weight is 289 g/mol. The molecule has 1 N–H and O–H groups in total. The molecule has 1 unspecified atom stereocenters. The molecular formula is C16H23N3S. The van der Waals surface area contributed by atoms with Gasteiger partial charge >= 0.3 is 0 Å². The van der Waals surface area contributed by atoms with Gasteiger partial charge in [0.15, 0.2) is 0 Å².